The molecule has 1 atom stereocenters. The fraction of sp³-hybridized carbons (Fsp3) is 0.500. The zero-order valence-corrected chi connectivity index (χ0v) is 10.7. The number of benzene rings is 1. The monoisotopic (exact) mass is 249 g/mol. The number of carbonyl (C=O) groups excluding carboxylic acids is 1. The molecule has 98 valence electrons. The molecule has 1 heterocycles. The second-order valence-corrected chi connectivity index (χ2v) is 4.82. The maximum Gasteiger partial charge on any atom is 0.410 e. The fourth-order valence-corrected chi connectivity index (χ4v) is 2.16. The summed E-state index contributed by atoms with van der Waals surface area (Å²) >= 11 is 0. The first-order valence-corrected chi connectivity index (χ1v) is 6.54. The summed E-state index contributed by atoms with van der Waals surface area (Å²) in [7, 11) is 0. The van der Waals surface area contributed by atoms with E-state index in [2.05, 4.69) is 5.73 Å². The summed E-state index contributed by atoms with van der Waals surface area (Å²) in [5.41, 5.74) is 5.09. The number of amides is 1. The summed E-state index contributed by atoms with van der Waals surface area (Å²) in [4.78, 5) is 13.7. The molecular weight excluding hydrogens is 228 g/mol. The Morgan fingerprint density at radius 2 is 2.06 bits per heavy atom. The van der Waals surface area contributed by atoms with Gasteiger partial charge in [-0.2, -0.15) is 0 Å². The van der Waals surface area contributed by atoms with Crippen molar-refractivity contribution < 1.29 is 15.3 Å². The smallest absolute Gasteiger partial charge is 0.410 e. The standard InChI is InChI=1S/C14H20N2O2/c15-13-7-4-9-16(10-8-13)14(17)18-11-12-5-2-1-3-6-12/h1-3,5-6,13H,4,7-11,15H2/p+1/t13-/m0/s1. The van der Waals surface area contributed by atoms with Crippen molar-refractivity contribution in [2.75, 3.05) is 13.1 Å². The van der Waals surface area contributed by atoms with Crippen molar-refractivity contribution in [1.82, 2.24) is 4.90 Å². The molecule has 4 nitrogen and oxygen atoms in total. The topological polar surface area (TPSA) is 57.2 Å². The van der Waals surface area contributed by atoms with E-state index in [9.17, 15) is 4.79 Å². The Bertz CT molecular complexity index is 381. The summed E-state index contributed by atoms with van der Waals surface area (Å²) in [5, 5.41) is 0. The summed E-state index contributed by atoms with van der Waals surface area (Å²) in [5.74, 6) is 0. The number of hydrogen-bond acceptors (Lipinski definition) is 2. The molecule has 1 aliphatic heterocycles. The van der Waals surface area contributed by atoms with E-state index in [-0.39, 0.29) is 6.09 Å². The molecule has 1 fully saturated rings. The molecule has 0 saturated carbocycles. The van der Waals surface area contributed by atoms with Gasteiger partial charge in [0.1, 0.15) is 6.61 Å². The Morgan fingerprint density at radius 3 is 2.83 bits per heavy atom. The van der Waals surface area contributed by atoms with Crippen molar-refractivity contribution in [3.05, 3.63) is 35.9 Å². The minimum atomic E-state index is -0.201. The van der Waals surface area contributed by atoms with Crippen molar-refractivity contribution in [3.8, 4) is 0 Å². The lowest BCUT2D eigenvalue weighted by molar-refractivity contribution is -0.421. The van der Waals surface area contributed by atoms with Crippen LogP contribution in [0.25, 0.3) is 0 Å². The molecule has 0 aromatic heterocycles. The molecule has 1 saturated heterocycles. The minimum Gasteiger partial charge on any atom is -0.445 e. The van der Waals surface area contributed by atoms with E-state index in [4.69, 9.17) is 4.74 Å². The summed E-state index contributed by atoms with van der Waals surface area (Å²) in [6, 6.07) is 10.2. The van der Waals surface area contributed by atoms with E-state index >= 15 is 0 Å². The van der Waals surface area contributed by atoms with E-state index in [0.717, 1.165) is 37.9 Å². The number of nitrogens with zero attached hydrogens (tertiary/aromatic N) is 1. The first-order valence-electron chi connectivity index (χ1n) is 6.54. The first-order chi connectivity index (χ1) is 8.75. The highest BCUT2D eigenvalue weighted by Crippen LogP contribution is 2.10. The Kier molecular flexibility index (Phi) is 4.59. The molecule has 0 unspecified atom stereocenters. The van der Waals surface area contributed by atoms with Crippen LogP contribution in [-0.2, 0) is 11.3 Å². The van der Waals surface area contributed by atoms with Crippen LogP contribution in [0, 0.1) is 0 Å². The number of hydrogen-bond donors (Lipinski definition) is 1. The van der Waals surface area contributed by atoms with Gasteiger partial charge in [-0.15, -0.1) is 0 Å². The lowest BCUT2D eigenvalue weighted by atomic mass is 10.1. The molecule has 18 heavy (non-hydrogen) atoms. The van der Waals surface area contributed by atoms with E-state index in [1.807, 2.05) is 30.3 Å². The second-order valence-electron chi connectivity index (χ2n) is 4.82. The number of likely N-dealkylation sites (tertiary alicyclic amines) is 1. The van der Waals surface area contributed by atoms with Crippen LogP contribution in [0.1, 0.15) is 24.8 Å². The Morgan fingerprint density at radius 1 is 1.28 bits per heavy atom. The van der Waals surface area contributed by atoms with Crippen molar-refractivity contribution in [2.24, 2.45) is 0 Å². The van der Waals surface area contributed by atoms with Gasteiger partial charge in [0.25, 0.3) is 0 Å². The van der Waals surface area contributed by atoms with Crippen LogP contribution in [0.2, 0.25) is 0 Å². The lowest BCUT2D eigenvalue weighted by Crippen LogP contribution is -2.60. The molecule has 3 N–H and O–H groups in total. The van der Waals surface area contributed by atoms with E-state index in [1.165, 1.54) is 0 Å². The predicted molar refractivity (Wildman–Crippen MR) is 68.7 cm³/mol. The van der Waals surface area contributed by atoms with Gasteiger partial charge in [-0.25, -0.2) is 4.79 Å². The van der Waals surface area contributed by atoms with Crippen LogP contribution in [0.3, 0.4) is 0 Å². The Labute approximate surface area is 108 Å². The minimum absolute atomic E-state index is 0.201. The zero-order chi connectivity index (χ0) is 12.8. The van der Waals surface area contributed by atoms with Crippen LogP contribution in [0.5, 0.6) is 0 Å². The highest BCUT2D eigenvalue weighted by atomic mass is 16.6. The summed E-state index contributed by atoms with van der Waals surface area (Å²) < 4.78 is 5.32. The number of quaternary nitrogens is 1. The Hall–Kier alpha value is -1.55. The molecule has 1 aliphatic rings. The maximum absolute atomic E-state index is 11.9. The normalized spacial score (nSPS) is 20.3. The van der Waals surface area contributed by atoms with Gasteiger partial charge in [0, 0.05) is 25.9 Å². The molecule has 0 aliphatic carbocycles. The van der Waals surface area contributed by atoms with Crippen LogP contribution in [0.4, 0.5) is 4.79 Å². The average Bonchev–Trinajstić information content (AvgIpc) is 2.62. The van der Waals surface area contributed by atoms with Crippen molar-refractivity contribution >= 4 is 6.09 Å². The van der Waals surface area contributed by atoms with Gasteiger partial charge in [0.15, 0.2) is 0 Å². The molecule has 4 heteroatoms. The molecule has 1 aromatic rings. The summed E-state index contributed by atoms with van der Waals surface area (Å²) in [6.45, 7) is 1.91. The number of carbonyl (C=O) groups is 1. The van der Waals surface area contributed by atoms with E-state index in [1.54, 1.807) is 4.90 Å². The van der Waals surface area contributed by atoms with Crippen molar-refractivity contribution in [2.45, 2.75) is 31.9 Å². The SMILES string of the molecule is [NH3+][C@H]1CCCN(C(=O)OCc2ccccc2)CC1. The quantitative estimate of drug-likeness (QED) is 0.861. The average molecular weight is 249 g/mol. The van der Waals surface area contributed by atoms with E-state index < -0.39 is 0 Å². The van der Waals surface area contributed by atoms with Gasteiger partial charge in [0.2, 0.25) is 0 Å². The van der Waals surface area contributed by atoms with Crippen LogP contribution < -0.4 is 5.73 Å². The third kappa shape index (κ3) is 3.74. The van der Waals surface area contributed by atoms with Gasteiger partial charge in [-0.05, 0) is 12.0 Å². The third-order valence-corrected chi connectivity index (χ3v) is 3.31. The molecule has 1 amide bonds. The third-order valence-electron chi connectivity index (χ3n) is 3.31. The fourth-order valence-electron chi connectivity index (χ4n) is 2.16. The maximum atomic E-state index is 11.9. The van der Waals surface area contributed by atoms with E-state index in [0.29, 0.717) is 12.6 Å². The zero-order valence-electron chi connectivity index (χ0n) is 10.7. The largest absolute Gasteiger partial charge is 0.445 e. The number of rotatable bonds is 2. The lowest BCUT2D eigenvalue weighted by Gasteiger charge is -2.19. The molecule has 2 rings (SSSR count). The van der Waals surface area contributed by atoms with Gasteiger partial charge in [-0.1, -0.05) is 30.3 Å². The highest BCUT2D eigenvalue weighted by molar-refractivity contribution is 5.67. The van der Waals surface area contributed by atoms with Crippen molar-refractivity contribution in [3.63, 3.8) is 0 Å². The molecule has 0 bridgehead atoms. The molecular formula is C14H21N2O2+. The Balaban J connectivity index is 1.80. The van der Waals surface area contributed by atoms with Gasteiger partial charge < -0.3 is 15.4 Å². The van der Waals surface area contributed by atoms with Crippen LogP contribution >= 0.6 is 0 Å². The first kappa shape index (κ1) is 12.9. The van der Waals surface area contributed by atoms with Crippen molar-refractivity contribution in [1.29, 1.82) is 0 Å². The predicted octanol–water partition coefficient (Wildman–Crippen LogP) is 1.42. The number of ether oxygens (including phenoxy) is 1. The molecule has 0 radical (unpaired) electrons. The van der Waals surface area contributed by atoms with Gasteiger partial charge in [0.05, 0.1) is 6.04 Å². The summed E-state index contributed by atoms with van der Waals surface area (Å²) in [6.07, 6.45) is 2.89. The van der Waals surface area contributed by atoms with Gasteiger partial charge in [-0.3, -0.25) is 0 Å². The highest BCUT2D eigenvalue weighted by Gasteiger charge is 2.20. The van der Waals surface area contributed by atoms with Gasteiger partial charge >= 0.3 is 6.09 Å². The van der Waals surface area contributed by atoms with Crippen LogP contribution in [-0.4, -0.2) is 30.1 Å². The molecule has 0 spiro atoms. The molecule has 1 aromatic carbocycles. The second kappa shape index (κ2) is 6.40. The van der Waals surface area contributed by atoms with Crippen LogP contribution in [0.15, 0.2) is 30.3 Å².